The van der Waals surface area contributed by atoms with Crippen LogP contribution in [0.3, 0.4) is 0 Å². The molecule has 2 aromatic heterocycles. The third kappa shape index (κ3) is 3.13. The summed E-state index contributed by atoms with van der Waals surface area (Å²) in [6.45, 7) is 2.05. The molecule has 4 aromatic rings. The average molecular weight is 358 g/mol. The van der Waals surface area contributed by atoms with E-state index in [-0.39, 0.29) is 0 Å². The molecule has 0 atom stereocenters. The van der Waals surface area contributed by atoms with E-state index >= 15 is 0 Å². The van der Waals surface area contributed by atoms with E-state index in [2.05, 4.69) is 27.1 Å². The number of anilines is 1. The Labute approximate surface area is 156 Å². The molecule has 0 saturated carbocycles. The Balaban J connectivity index is 1.79. The molecule has 134 valence electrons. The molecule has 3 N–H and O–H groups in total. The first-order chi connectivity index (χ1) is 13.0. The van der Waals surface area contributed by atoms with Crippen LogP contribution in [0.5, 0.6) is 0 Å². The highest BCUT2D eigenvalue weighted by atomic mass is 16.5. The Morgan fingerprint density at radius 3 is 2.59 bits per heavy atom. The fourth-order valence-electron chi connectivity index (χ4n) is 2.95. The molecule has 0 aliphatic rings. The molecule has 0 aliphatic heterocycles. The largest absolute Gasteiger partial charge is 0.465 e. The third-order valence-corrected chi connectivity index (χ3v) is 4.46. The highest BCUT2D eigenvalue weighted by molar-refractivity contribution is 5.94. The van der Waals surface area contributed by atoms with Crippen LogP contribution < -0.4 is 5.73 Å². The van der Waals surface area contributed by atoms with Gasteiger partial charge >= 0.3 is 5.97 Å². The first-order valence-electron chi connectivity index (χ1n) is 8.46. The SMILES string of the molecule is COC(=O)c1ccc2nc(-c3cc(-c4ccc(C)cc4)cnc3N)[nH]c2c1. The molecule has 0 fully saturated rings. The van der Waals surface area contributed by atoms with E-state index in [0.29, 0.717) is 22.8 Å². The summed E-state index contributed by atoms with van der Waals surface area (Å²) in [5.74, 6) is 0.597. The molecule has 27 heavy (non-hydrogen) atoms. The van der Waals surface area contributed by atoms with Crippen molar-refractivity contribution >= 4 is 22.8 Å². The van der Waals surface area contributed by atoms with Crippen molar-refractivity contribution in [3.05, 3.63) is 65.9 Å². The van der Waals surface area contributed by atoms with Gasteiger partial charge < -0.3 is 15.5 Å². The highest BCUT2D eigenvalue weighted by Crippen LogP contribution is 2.29. The second kappa shape index (κ2) is 6.57. The zero-order valence-electron chi connectivity index (χ0n) is 15.0. The minimum atomic E-state index is -0.393. The van der Waals surface area contributed by atoms with E-state index in [1.165, 1.54) is 12.7 Å². The van der Waals surface area contributed by atoms with Gasteiger partial charge in [0.25, 0.3) is 0 Å². The van der Waals surface area contributed by atoms with Gasteiger partial charge in [0.05, 0.1) is 29.3 Å². The average Bonchev–Trinajstić information content (AvgIpc) is 3.11. The second-order valence-electron chi connectivity index (χ2n) is 6.33. The first-order valence-corrected chi connectivity index (χ1v) is 8.46. The van der Waals surface area contributed by atoms with Crippen LogP contribution >= 0.6 is 0 Å². The highest BCUT2D eigenvalue weighted by Gasteiger charge is 2.13. The summed E-state index contributed by atoms with van der Waals surface area (Å²) in [5.41, 5.74) is 11.9. The number of benzene rings is 2. The number of H-pyrrole nitrogens is 1. The summed E-state index contributed by atoms with van der Waals surface area (Å²) in [4.78, 5) is 23.9. The second-order valence-corrected chi connectivity index (χ2v) is 6.33. The number of pyridine rings is 1. The number of hydrogen-bond acceptors (Lipinski definition) is 5. The van der Waals surface area contributed by atoms with E-state index in [4.69, 9.17) is 10.5 Å². The lowest BCUT2D eigenvalue weighted by Crippen LogP contribution is -2.00. The van der Waals surface area contributed by atoms with Crippen LogP contribution in [0.1, 0.15) is 15.9 Å². The molecule has 0 spiro atoms. The molecule has 4 rings (SSSR count). The number of rotatable bonds is 3. The van der Waals surface area contributed by atoms with Crippen molar-refractivity contribution in [3.8, 4) is 22.5 Å². The maximum Gasteiger partial charge on any atom is 0.337 e. The number of nitrogens with two attached hydrogens (primary N) is 1. The van der Waals surface area contributed by atoms with Gasteiger partial charge in [0.15, 0.2) is 0 Å². The maximum atomic E-state index is 11.7. The third-order valence-electron chi connectivity index (χ3n) is 4.46. The molecule has 0 bridgehead atoms. The number of aromatic nitrogens is 3. The number of aromatic amines is 1. The summed E-state index contributed by atoms with van der Waals surface area (Å²) in [7, 11) is 1.36. The van der Waals surface area contributed by atoms with Crippen LogP contribution in [-0.4, -0.2) is 28.0 Å². The van der Waals surface area contributed by atoms with Gasteiger partial charge in [-0.3, -0.25) is 0 Å². The minimum Gasteiger partial charge on any atom is -0.465 e. The number of nitrogens with one attached hydrogen (secondary N) is 1. The predicted molar refractivity (Wildman–Crippen MR) is 105 cm³/mol. The molecule has 2 heterocycles. The summed E-state index contributed by atoms with van der Waals surface area (Å²) < 4.78 is 4.77. The molecule has 6 nitrogen and oxygen atoms in total. The number of imidazole rings is 1. The number of nitrogens with zero attached hydrogens (tertiary/aromatic N) is 2. The van der Waals surface area contributed by atoms with Gasteiger partial charge in [0, 0.05) is 11.8 Å². The Hall–Kier alpha value is -3.67. The molecular formula is C21H18N4O2. The number of aryl methyl sites for hydroxylation is 1. The van der Waals surface area contributed by atoms with Gasteiger partial charge in [-0.25, -0.2) is 14.8 Å². The van der Waals surface area contributed by atoms with Gasteiger partial charge in [-0.1, -0.05) is 29.8 Å². The molecule has 0 saturated heterocycles. The number of hydrogen-bond donors (Lipinski definition) is 2. The number of esters is 1. The molecule has 0 amide bonds. The number of nitrogen functional groups attached to an aromatic ring is 1. The fraction of sp³-hybridized carbons (Fsp3) is 0.0952. The fourth-order valence-corrected chi connectivity index (χ4v) is 2.95. The van der Waals surface area contributed by atoms with Gasteiger partial charge in [-0.15, -0.1) is 0 Å². The minimum absolute atomic E-state index is 0.387. The summed E-state index contributed by atoms with van der Waals surface area (Å²) in [6.07, 6.45) is 1.75. The van der Waals surface area contributed by atoms with Crippen LogP contribution in [0.4, 0.5) is 5.82 Å². The molecule has 0 radical (unpaired) electrons. The standard InChI is InChI=1S/C21H18N4O2/c1-12-3-5-13(6-4-12)15-9-16(19(22)23-11-15)20-24-17-8-7-14(21(26)27-2)10-18(17)25-20/h3-11H,1-2H3,(H2,22,23)(H,24,25). The smallest absolute Gasteiger partial charge is 0.337 e. The lowest BCUT2D eigenvalue weighted by Gasteiger charge is -2.06. The van der Waals surface area contributed by atoms with E-state index in [1.807, 2.05) is 25.1 Å². The Kier molecular flexibility index (Phi) is 4.08. The summed E-state index contributed by atoms with van der Waals surface area (Å²) in [5, 5.41) is 0. The first kappa shape index (κ1) is 16.8. The van der Waals surface area contributed by atoms with Crippen molar-refractivity contribution in [1.29, 1.82) is 0 Å². The summed E-state index contributed by atoms with van der Waals surface area (Å²) >= 11 is 0. The monoisotopic (exact) mass is 358 g/mol. The number of fused-ring (bicyclic) bond motifs is 1. The predicted octanol–water partition coefficient (Wildman–Crippen LogP) is 3.97. The number of carbonyl (C=O) groups is 1. The van der Waals surface area contributed by atoms with E-state index in [9.17, 15) is 4.79 Å². The van der Waals surface area contributed by atoms with Crippen LogP contribution in [0.25, 0.3) is 33.5 Å². The van der Waals surface area contributed by atoms with Gasteiger partial charge in [-0.2, -0.15) is 0 Å². The van der Waals surface area contributed by atoms with Crippen molar-refractivity contribution in [3.63, 3.8) is 0 Å². The molecule has 2 aromatic carbocycles. The number of ether oxygens (including phenoxy) is 1. The van der Waals surface area contributed by atoms with Crippen LogP contribution in [-0.2, 0) is 4.74 Å². The van der Waals surface area contributed by atoms with E-state index < -0.39 is 5.97 Å². The normalized spacial score (nSPS) is 10.9. The molecule has 6 heteroatoms. The lowest BCUT2D eigenvalue weighted by atomic mass is 10.0. The Morgan fingerprint density at radius 2 is 1.85 bits per heavy atom. The van der Waals surface area contributed by atoms with Crippen molar-refractivity contribution in [1.82, 2.24) is 15.0 Å². The molecular weight excluding hydrogens is 340 g/mol. The quantitative estimate of drug-likeness (QED) is 0.541. The van der Waals surface area contributed by atoms with Crippen molar-refractivity contribution in [2.45, 2.75) is 6.92 Å². The molecule has 0 unspecified atom stereocenters. The van der Waals surface area contributed by atoms with Gasteiger partial charge in [0.2, 0.25) is 0 Å². The molecule has 0 aliphatic carbocycles. The van der Waals surface area contributed by atoms with Gasteiger partial charge in [-0.05, 0) is 36.8 Å². The summed E-state index contributed by atoms with van der Waals surface area (Å²) in [6, 6.07) is 15.3. The lowest BCUT2D eigenvalue weighted by molar-refractivity contribution is 0.0601. The number of carbonyl (C=O) groups excluding carboxylic acids is 1. The van der Waals surface area contributed by atoms with Crippen molar-refractivity contribution in [2.75, 3.05) is 12.8 Å². The topological polar surface area (TPSA) is 93.9 Å². The van der Waals surface area contributed by atoms with Gasteiger partial charge in [0.1, 0.15) is 11.6 Å². The zero-order chi connectivity index (χ0) is 19.0. The Bertz CT molecular complexity index is 1150. The van der Waals surface area contributed by atoms with Crippen LogP contribution in [0.2, 0.25) is 0 Å². The zero-order valence-corrected chi connectivity index (χ0v) is 15.0. The van der Waals surface area contributed by atoms with Crippen molar-refractivity contribution < 1.29 is 9.53 Å². The van der Waals surface area contributed by atoms with Crippen LogP contribution in [0, 0.1) is 6.92 Å². The maximum absolute atomic E-state index is 11.7. The van der Waals surface area contributed by atoms with Crippen molar-refractivity contribution in [2.24, 2.45) is 0 Å². The van der Waals surface area contributed by atoms with Crippen LogP contribution in [0.15, 0.2) is 54.7 Å². The van der Waals surface area contributed by atoms with E-state index in [0.717, 1.165) is 22.2 Å². The number of methoxy groups -OCH3 is 1. The Morgan fingerprint density at radius 1 is 1.07 bits per heavy atom. The van der Waals surface area contributed by atoms with E-state index in [1.54, 1.807) is 24.4 Å².